The van der Waals surface area contributed by atoms with Gasteiger partial charge in [0, 0.05) is 31.6 Å². The second-order valence-electron chi connectivity index (χ2n) is 5.90. The van der Waals surface area contributed by atoms with Crippen LogP contribution in [0.3, 0.4) is 0 Å². The number of para-hydroxylation sites is 1. The minimum atomic E-state index is -0.385. The molecule has 2 atom stereocenters. The molecule has 1 N–H and O–H groups in total. The predicted molar refractivity (Wildman–Crippen MR) is 77.5 cm³/mol. The van der Waals surface area contributed by atoms with Gasteiger partial charge in [-0.05, 0) is 24.0 Å². The van der Waals surface area contributed by atoms with Crippen LogP contribution in [-0.4, -0.2) is 42.0 Å². The zero-order valence-corrected chi connectivity index (χ0v) is 11.6. The standard InChI is InChI=1S/C16H16FN3O/c17-13-3-1-2-10-4-5-14(19-15(10)13)16(21)20-8-11-6-18-7-12(11)9-20/h1-5,11-12,18H,6-9H2/t11-,12+. The Morgan fingerprint density at radius 1 is 1.19 bits per heavy atom. The molecular formula is C16H16FN3O. The average molecular weight is 285 g/mol. The highest BCUT2D eigenvalue weighted by atomic mass is 19.1. The molecule has 5 heteroatoms. The van der Waals surface area contributed by atoms with Crippen molar-refractivity contribution in [2.45, 2.75) is 0 Å². The molecule has 1 amide bonds. The summed E-state index contributed by atoms with van der Waals surface area (Å²) < 4.78 is 13.8. The van der Waals surface area contributed by atoms with Crippen LogP contribution in [0, 0.1) is 17.7 Å². The molecule has 4 rings (SSSR count). The monoisotopic (exact) mass is 285 g/mol. The van der Waals surface area contributed by atoms with Gasteiger partial charge in [-0.1, -0.05) is 18.2 Å². The molecule has 0 unspecified atom stereocenters. The number of amides is 1. The Bertz CT molecular complexity index is 706. The number of halogens is 1. The number of carbonyl (C=O) groups excluding carboxylic acids is 1. The second kappa shape index (κ2) is 4.77. The Labute approximate surface area is 122 Å². The largest absolute Gasteiger partial charge is 0.337 e. The minimum Gasteiger partial charge on any atom is -0.337 e. The van der Waals surface area contributed by atoms with Crippen molar-refractivity contribution in [2.24, 2.45) is 11.8 Å². The number of nitrogens with one attached hydrogen (secondary N) is 1. The van der Waals surface area contributed by atoms with E-state index in [1.165, 1.54) is 6.07 Å². The molecule has 3 heterocycles. The summed E-state index contributed by atoms with van der Waals surface area (Å²) in [5, 5.41) is 4.07. The van der Waals surface area contributed by atoms with Crippen molar-refractivity contribution in [3.05, 3.63) is 41.8 Å². The predicted octanol–water partition coefficient (Wildman–Crippen LogP) is 1.67. The van der Waals surface area contributed by atoms with Gasteiger partial charge in [0.05, 0.1) is 0 Å². The van der Waals surface area contributed by atoms with Crippen LogP contribution in [0.15, 0.2) is 30.3 Å². The summed E-state index contributed by atoms with van der Waals surface area (Å²) in [7, 11) is 0. The lowest BCUT2D eigenvalue weighted by Crippen LogP contribution is -2.32. The fourth-order valence-electron chi connectivity index (χ4n) is 3.41. The Kier molecular flexibility index (Phi) is 2.89. The highest BCUT2D eigenvalue weighted by Crippen LogP contribution is 2.27. The van der Waals surface area contributed by atoms with E-state index in [1.54, 1.807) is 24.3 Å². The number of hydrogen-bond donors (Lipinski definition) is 1. The summed E-state index contributed by atoms with van der Waals surface area (Å²) in [5.74, 6) is 0.622. The zero-order chi connectivity index (χ0) is 14.4. The van der Waals surface area contributed by atoms with Gasteiger partial charge in [0.25, 0.3) is 5.91 Å². The highest BCUT2D eigenvalue weighted by molar-refractivity contribution is 5.95. The van der Waals surface area contributed by atoms with Crippen LogP contribution >= 0.6 is 0 Å². The highest BCUT2D eigenvalue weighted by Gasteiger charge is 2.38. The fourth-order valence-corrected chi connectivity index (χ4v) is 3.41. The number of hydrogen-bond acceptors (Lipinski definition) is 3. The summed E-state index contributed by atoms with van der Waals surface area (Å²) in [5.41, 5.74) is 0.602. The van der Waals surface area contributed by atoms with E-state index in [9.17, 15) is 9.18 Å². The first kappa shape index (κ1) is 12.7. The number of fused-ring (bicyclic) bond motifs is 2. The van der Waals surface area contributed by atoms with Crippen molar-refractivity contribution >= 4 is 16.8 Å². The van der Waals surface area contributed by atoms with E-state index < -0.39 is 0 Å². The Balaban J connectivity index is 1.64. The van der Waals surface area contributed by atoms with Crippen molar-refractivity contribution < 1.29 is 9.18 Å². The maximum Gasteiger partial charge on any atom is 0.272 e. The van der Waals surface area contributed by atoms with Gasteiger partial charge in [-0.25, -0.2) is 9.37 Å². The SMILES string of the molecule is O=C(c1ccc2cccc(F)c2n1)N1C[C@H]2CNC[C@H]2C1. The number of nitrogens with zero attached hydrogens (tertiary/aromatic N) is 2. The Morgan fingerprint density at radius 3 is 2.71 bits per heavy atom. The lowest BCUT2D eigenvalue weighted by molar-refractivity contribution is 0.0776. The maximum atomic E-state index is 13.8. The smallest absolute Gasteiger partial charge is 0.272 e. The van der Waals surface area contributed by atoms with E-state index >= 15 is 0 Å². The van der Waals surface area contributed by atoms with Crippen molar-refractivity contribution in [3.8, 4) is 0 Å². The lowest BCUT2D eigenvalue weighted by Gasteiger charge is -2.17. The van der Waals surface area contributed by atoms with Crippen molar-refractivity contribution in [3.63, 3.8) is 0 Å². The molecule has 108 valence electrons. The van der Waals surface area contributed by atoms with Crippen LogP contribution < -0.4 is 5.32 Å². The zero-order valence-electron chi connectivity index (χ0n) is 11.6. The van der Waals surface area contributed by atoms with Crippen LogP contribution in [0.5, 0.6) is 0 Å². The third-order valence-electron chi connectivity index (χ3n) is 4.57. The molecular weight excluding hydrogens is 269 g/mol. The summed E-state index contributed by atoms with van der Waals surface area (Å²) >= 11 is 0. The molecule has 21 heavy (non-hydrogen) atoms. The number of carbonyl (C=O) groups is 1. The molecule has 1 aromatic carbocycles. The van der Waals surface area contributed by atoms with Gasteiger partial charge in [-0.15, -0.1) is 0 Å². The summed E-state index contributed by atoms with van der Waals surface area (Å²) in [6.45, 7) is 3.50. The van der Waals surface area contributed by atoms with E-state index in [0.29, 0.717) is 22.9 Å². The molecule has 2 fully saturated rings. The topological polar surface area (TPSA) is 45.2 Å². The van der Waals surface area contributed by atoms with Crippen LogP contribution in [-0.2, 0) is 0 Å². The Hall–Kier alpha value is -2.01. The molecule has 0 bridgehead atoms. The van der Waals surface area contributed by atoms with Crippen molar-refractivity contribution in [1.82, 2.24) is 15.2 Å². The molecule has 2 aliphatic heterocycles. The minimum absolute atomic E-state index is 0.0884. The molecule has 0 radical (unpaired) electrons. The number of aromatic nitrogens is 1. The van der Waals surface area contributed by atoms with Crippen LogP contribution in [0.2, 0.25) is 0 Å². The van der Waals surface area contributed by atoms with Crippen LogP contribution in [0.4, 0.5) is 4.39 Å². The van der Waals surface area contributed by atoms with E-state index in [1.807, 2.05) is 4.90 Å². The Morgan fingerprint density at radius 2 is 1.95 bits per heavy atom. The van der Waals surface area contributed by atoms with Gasteiger partial charge in [-0.2, -0.15) is 0 Å². The van der Waals surface area contributed by atoms with E-state index in [4.69, 9.17) is 0 Å². The van der Waals surface area contributed by atoms with Crippen LogP contribution in [0.1, 0.15) is 10.5 Å². The van der Waals surface area contributed by atoms with Crippen LogP contribution in [0.25, 0.3) is 10.9 Å². The number of rotatable bonds is 1. The van der Waals surface area contributed by atoms with Crippen molar-refractivity contribution in [2.75, 3.05) is 26.2 Å². The third kappa shape index (κ3) is 2.08. The first-order valence-corrected chi connectivity index (χ1v) is 7.27. The lowest BCUT2D eigenvalue weighted by atomic mass is 10.0. The van der Waals surface area contributed by atoms with Gasteiger partial charge in [0.1, 0.15) is 17.0 Å². The number of benzene rings is 1. The summed E-state index contributed by atoms with van der Waals surface area (Å²) in [4.78, 5) is 18.6. The summed E-state index contributed by atoms with van der Waals surface area (Å²) in [6.07, 6.45) is 0. The first-order valence-electron chi connectivity index (χ1n) is 7.27. The summed E-state index contributed by atoms with van der Waals surface area (Å²) in [6, 6.07) is 8.27. The number of likely N-dealkylation sites (tertiary alicyclic amines) is 1. The van der Waals surface area contributed by atoms with Gasteiger partial charge in [0.15, 0.2) is 0 Å². The third-order valence-corrected chi connectivity index (χ3v) is 4.57. The first-order chi connectivity index (χ1) is 10.2. The van der Waals surface area contributed by atoms with E-state index in [2.05, 4.69) is 10.3 Å². The quantitative estimate of drug-likeness (QED) is 0.867. The average Bonchev–Trinajstić information content (AvgIpc) is 3.08. The van der Waals surface area contributed by atoms with Crippen molar-refractivity contribution in [1.29, 1.82) is 0 Å². The van der Waals surface area contributed by atoms with E-state index in [0.717, 1.165) is 26.2 Å². The van der Waals surface area contributed by atoms with E-state index in [-0.39, 0.29) is 17.2 Å². The molecule has 0 saturated carbocycles. The van der Waals surface area contributed by atoms with Gasteiger partial charge in [-0.3, -0.25) is 4.79 Å². The number of pyridine rings is 1. The molecule has 0 aliphatic carbocycles. The molecule has 2 saturated heterocycles. The van der Waals surface area contributed by atoms with Gasteiger partial charge >= 0.3 is 0 Å². The van der Waals surface area contributed by atoms with Gasteiger partial charge in [0.2, 0.25) is 0 Å². The molecule has 0 spiro atoms. The van der Waals surface area contributed by atoms with Gasteiger partial charge < -0.3 is 10.2 Å². The molecule has 1 aromatic heterocycles. The maximum absolute atomic E-state index is 13.8. The normalized spacial score (nSPS) is 24.5. The second-order valence-corrected chi connectivity index (χ2v) is 5.90. The fraction of sp³-hybridized carbons (Fsp3) is 0.375. The molecule has 2 aliphatic rings. The molecule has 2 aromatic rings. The molecule has 4 nitrogen and oxygen atoms in total.